The molecule has 2 heterocycles. The average molecular weight is 237 g/mol. The molecule has 0 unspecified atom stereocenters. The first-order valence-corrected chi connectivity index (χ1v) is 5.85. The summed E-state index contributed by atoms with van der Waals surface area (Å²) in [6, 6.07) is 0.0833. The van der Waals surface area contributed by atoms with Crippen LogP contribution in [0, 0.1) is 0 Å². The molecule has 1 atom stereocenters. The molecular formula is C11H19N5O. The number of hydrogen-bond acceptors (Lipinski definition) is 4. The number of carbonyl (C=O) groups is 1. The second-order valence-electron chi connectivity index (χ2n) is 5.56. The van der Waals surface area contributed by atoms with E-state index in [2.05, 4.69) is 15.2 Å². The van der Waals surface area contributed by atoms with Gasteiger partial charge in [-0.15, -0.1) is 5.10 Å². The Morgan fingerprint density at radius 3 is 2.71 bits per heavy atom. The van der Waals surface area contributed by atoms with Gasteiger partial charge < -0.3 is 10.6 Å². The summed E-state index contributed by atoms with van der Waals surface area (Å²) in [4.78, 5) is 18.0. The Morgan fingerprint density at radius 1 is 1.53 bits per heavy atom. The lowest BCUT2D eigenvalue weighted by molar-refractivity contribution is 0.0779. The lowest BCUT2D eigenvalue weighted by atomic mass is 9.96. The van der Waals surface area contributed by atoms with Crippen LogP contribution in [0.3, 0.4) is 0 Å². The predicted octanol–water partition coefficient (Wildman–Crippen LogP) is 0.275. The molecule has 0 aliphatic carbocycles. The molecule has 1 aliphatic heterocycles. The molecule has 17 heavy (non-hydrogen) atoms. The molecule has 1 aromatic rings. The van der Waals surface area contributed by atoms with Crippen molar-refractivity contribution in [3.8, 4) is 0 Å². The van der Waals surface area contributed by atoms with Gasteiger partial charge in [0, 0.05) is 24.5 Å². The van der Waals surface area contributed by atoms with E-state index < -0.39 is 0 Å². The maximum absolute atomic E-state index is 12.1. The summed E-state index contributed by atoms with van der Waals surface area (Å²) in [6.45, 7) is 7.35. The first-order chi connectivity index (χ1) is 7.88. The van der Waals surface area contributed by atoms with E-state index in [-0.39, 0.29) is 23.2 Å². The number of nitrogens with zero attached hydrogens (tertiary/aromatic N) is 3. The number of hydrogen-bond donors (Lipinski definition) is 2. The minimum Gasteiger partial charge on any atom is -0.334 e. The van der Waals surface area contributed by atoms with E-state index in [9.17, 15) is 4.79 Å². The minimum absolute atomic E-state index is 0.0833. The van der Waals surface area contributed by atoms with E-state index in [4.69, 9.17) is 5.73 Å². The summed E-state index contributed by atoms with van der Waals surface area (Å²) in [5.41, 5.74) is 5.64. The normalized spacial score (nSPS) is 20.9. The lowest BCUT2D eigenvalue weighted by Gasteiger charge is -2.14. The van der Waals surface area contributed by atoms with Gasteiger partial charge in [0.05, 0.1) is 0 Å². The number of nitrogens with two attached hydrogens (primary N) is 1. The zero-order chi connectivity index (χ0) is 12.6. The van der Waals surface area contributed by atoms with Gasteiger partial charge in [-0.3, -0.25) is 9.89 Å². The third-order valence-electron chi connectivity index (χ3n) is 2.90. The Hall–Kier alpha value is -1.43. The molecule has 3 N–H and O–H groups in total. The molecular weight excluding hydrogens is 218 g/mol. The molecule has 1 aliphatic rings. The molecule has 1 fully saturated rings. The first-order valence-electron chi connectivity index (χ1n) is 5.85. The van der Waals surface area contributed by atoms with Gasteiger partial charge >= 0.3 is 0 Å². The quantitative estimate of drug-likeness (QED) is 0.734. The predicted molar refractivity (Wildman–Crippen MR) is 63.6 cm³/mol. The fraction of sp³-hybridized carbons (Fsp3) is 0.727. The molecule has 0 spiro atoms. The highest BCUT2D eigenvalue weighted by Crippen LogP contribution is 2.18. The van der Waals surface area contributed by atoms with Crippen LogP contribution >= 0.6 is 0 Å². The number of amides is 1. The second-order valence-corrected chi connectivity index (χ2v) is 5.56. The number of nitrogens with one attached hydrogen (secondary N) is 1. The van der Waals surface area contributed by atoms with Crippen LogP contribution < -0.4 is 5.73 Å². The summed E-state index contributed by atoms with van der Waals surface area (Å²) >= 11 is 0. The monoisotopic (exact) mass is 237 g/mol. The molecule has 2 rings (SSSR count). The van der Waals surface area contributed by atoms with Crippen LogP contribution in [0.5, 0.6) is 0 Å². The topological polar surface area (TPSA) is 87.9 Å². The summed E-state index contributed by atoms with van der Waals surface area (Å²) in [5.74, 6) is 0.832. The van der Waals surface area contributed by atoms with E-state index in [0.29, 0.717) is 13.1 Å². The number of carbonyl (C=O) groups excluding carboxylic acids is 1. The van der Waals surface area contributed by atoms with Crippen LogP contribution in [-0.2, 0) is 5.41 Å². The Bertz CT molecular complexity index is 420. The Kier molecular flexibility index (Phi) is 2.91. The average Bonchev–Trinajstić information content (AvgIpc) is 2.83. The van der Waals surface area contributed by atoms with Crippen molar-refractivity contribution in [1.29, 1.82) is 0 Å². The molecule has 1 aromatic heterocycles. The van der Waals surface area contributed by atoms with Crippen LogP contribution in [0.4, 0.5) is 0 Å². The van der Waals surface area contributed by atoms with E-state index in [0.717, 1.165) is 12.2 Å². The molecule has 6 heteroatoms. The molecule has 0 aromatic carbocycles. The second kappa shape index (κ2) is 4.10. The van der Waals surface area contributed by atoms with E-state index in [1.807, 2.05) is 20.8 Å². The minimum atomic E-state index is -0.135. The van der Waals surface area contributed by atoms with Gasteiger partial charge in [0.2, 0.25) is 5.82 Å². The van der Waals surface area contributed by atoms with Crippen molar-refractivity contribution in [2.24, 2.45) is 5.73 Å². The summed E-state index contributed by atoms with van der Waals surface area (Å²) in [6.07, 6.45) is 0.849. The molecule has 0 radical (unpaired) electrons. The van der Waals surface area contributed by atoms with Crippen molar-refractivity contribution in [1.82, 2.24) is 20.1 Å². The van der Waals surface area contributed by atoms with Crippen LogP contribution in [0.2, 0.25) is 0 Å². The van der Waals surface area contributed by atoms with Crippen molar-refractivity contribution >= 4 is 5.91 Å². The van der Waals surface area contributed by atoms with Crippen molar-refractivity contribution in [3.05, 3.63) is 11.6 Å². The van der Waals surface area contributed by atoms with Gasteiger partial charge in [-0.2, -0.15) is 0 Å². The molecule has 0 saturated carbocycles. The molecule has 0 bridgehead atoms. The fourth-order valence-corrected chi connectivity index (χ4v) is 1.81. The Balaban J connectivity index is 2.13. The van der Waals surface area contributed by atoms with Crippen LogP contribution in [0.1, 0.15) is 43.6 Å². The number of aromatic amines is 1. The fourth-order valence-electron chi connectivity index (χ4n) is 1.81. The van der Waals surface area contributed by atoms with Crippen LogP contribution in [0.15, 0.2) is 0 Å². The number of aromatic nitrogens is 3. The van der Waals surface area contributed by atoms with Gasteiger partial charge in [0.15, 0.2) is 0 Å². The van der Waals surface area contributed by atoms with Crippen molar-refractivity contribution in [3.63, 3.8) is 0 Å². The third-order valence-corrected chi connectivity index (χ3v) is 2.90. The molecule has 6 nitrogen and oxygen atoms in total. The highest BCUT2D eigenvalue weighted by Gasteiger charge is 2.28. The Labute approximate surface area is 101 Å². The van der Waals surface area contributed by atoms with Gasteiger partial charge in [-0.25, -0.2) is 4.98 Å². The van der Waals surface area contributed by atoms with Crippen molar-refractivity contribution in [2.75, 3.05) is 13.1 Å². The van der Waals surface area contributed by atoms with Gasteiger partial charge in [0.1, 0.15) is 5.82 Å². The standard InChI is InChI=1S/C11H19N5O/c1-11(2,3)10-13-8(14-15-10)9(17)16-5-4-7(12)6-16/h7H,4-6,12H2,1-3H3,(H,13,14,15)/t7-/m1/s1. The van der Waals surface area contributed by atoms with E-state index >= 15 is 0 Å². The molecule has 1 amide bonds. The summed E-state index contributed by atoms with van der Waals surface area (Å²) in [7, 11) is 0. The lowest BCUT2D eigenvalue weighted by Crippen LogP contribution is -2.32. The number of rotatable bonds is 1. The number of H-pyrrole nitrogens is 1. The number of likely N-dealkylation sites (tertiary alicyclic amines) is 1. The van der Waals surface area contributed by atoms with Gasteiger partial charge in [-0.05, 0) is 6.42 Å². The maximum Gasteiger partial charge on any atom is 0.293 e. The molecule has 94 valence electrons. The zero-order valence-corrected chi connectivity index (χ0v) is 10.5. The summed E-state index contributed by atoms with van der Waals surface area (Å²) in [5, 5.41) is 6.81. The van der Waals surface area contributed by atoms with Crippen molar-refractivity contribution in [2.45, 2.75) is 38.6 Å². The van der Waals surface area contributed by atoms with Crippen LogP contribution in [0.25, 0.3) is 0 Å². The molecule has 1 saturated heterocycles. The third kappa shape index (κ3) is 2.46. The zero-order valence-electron chi connectivity index (χ0n) is 10.5. The highest BCUT2D eigenvalue weighted by molar-refractivity contribution is 5.90. The van der Waals surface area contributed by atoms with Crippen LogP contribution in [-0.4, -0.2) is 45.1 Å². The smallest absolute Gasteiger partial charge is 0.293 e. The SMILES string of the molecule is CC(C)(C)c1nc(C(=O)N2CC[C@@H](N)C2)n[nH]1. The largest absolute Gasteiger partial charge is 0.334 e. The van der Waals surface area contributed by atoms with Gasteiger partial charge in [-0.1, -0.05) is 20.8 Å². The summed E-state index contributed by atoms with van der Waals surface area (Å²) < 4.78 is 0. The van der Waals surface area contributed by atoms with Crippen molar-refractivity contribution < 1.29 is 4.79 Å². The maximum atomic E-state index is 12.1. The van der Waals surface area contributed by atoms with E-state index in [1.165, 1.54) is 0 Å². The van der Waals surface area contributed by atoms with Gasteiger partial charge in [0.25, 0.3) is 5.91 Å². The first kappa shape index (κ1) is 12.0. The highest BCUT2D eigenvalue weighted by atomic mass is 16.2. The van der Waals surface area contributed by atoms with E-state index in [1.54, 1.807) is 4.90 Å². The Morgan fingerprint density at radius 2 is 2.24 bits per heavy atom.